The van der Waals surface area contributed by atoms with Gasteiger partial charge < -0.3 is 15.7 Å². The van der Waals surface area contributed by atoms with E-state index in [9.17, 15) is 5.11 Å². The maximum atomic E-state index is 9.77. The first-order chi connectivity index (χ1) is 6.56. The van der Waals surface area contributed by atoms with Crippen LogP contribution in [0.25, 0.3) is 0 Å². The normalized spacial score (nSPS) is 12.9. The van der Waals surface area contributed by atoms with Crippen molar-refractivity contribution < 1.29 is 5.11 Å². The fraction of sp³-hybridized carbons (Fsp3) is 0.667. The van der Waals surface area contributed by atoms with Gasteiger partial charge in [0.1, 0.15) is 0 Å². The highest BCUT2D eigenvalue weighted by Gasteiger charge is 2.15. The fourth-order valence-corrected chi connectivity index (χ4v) is 2.19. The molecule has 1 heterocycles. The lowest BCUT2D eigenvalue weighted by atomic mass is 10.2. The van der Waals surface area contributed by atoms with E-state index in [-0.39, 0.29) is 0 Å². The van der Waals surface area contributed by atoms with Gasteiger partial charge >= 0.3 is 0 Å². The van der Waals surface area contributed by atoms with Crippen LogP contribution in [-0.4, -0.2) is 30.7 Å². The number of aliphatic hydroxyl groups is 1. The molecule has 0 spiro atoms. The zero-order valence-electron chi connectivity index (χ0n) is 8.82. The van der Waals surface area contributed by atoms with Gasteiger partial charge in [0.2, 0.25) is 0 Å². The number of nitrogens with two attached hydrogens (primary N) is 1. The molecule has 0 aliphatic heterocycles. The highest BCUT2D eigenvalue weighted by molar-refractivity contribution is 7.15. The standard InChI is InChI=1S/C9H17N3OS/c1-6-8(7(13)4-5-10)14-9(11-6)12(2)3/h7,13H,4-5,10H2,1-3H3/t7-/m1/s1. The van der Waals surface area contributed by atoms with Crippen molar-refractivity contribution in [3.05, 3.63) is 10.6 Å². The predicted octanol–water partition coefficient (Wildman–Crippen LogP) is 0.900. The van der Waals surface area contributed by atoms with Gasteiger partial charge in [0, 0.05) is 14.1 Å². The summed E-state index contributed by atoms with van der Waals surface area (Å²) in [6, 6.07) is 0. The Morgan fingerprint density at radius 2 is 2.21 bits per heavy atom. The van der Waals surface area contributed by atoms with Gasteiger partial charge in [-0.1, -0.05) is 11.3 Å². The molecule has 0 amide bonds. The largest absolute Gasteiger partial charge is 0.387 e. The number of thiazole rings is 1. The summed E-state index contributed by atoms with van der Waals surface area (Å²) in [6.07, 6.45) is 0.127. The lowest BCUT2D eigenvalue weighted by Crippen LogP contribution is -2.07. The average molecular weight is 215 g/mol. The van der Waals surface area contributed by atoms with Crippen LogP contribution in [0.3, 0.4) is 0 Å². The molecule has 0 saturated heterocycles. The Bertz CT molecular complexity index is 298. The minimum absolute atomic E-state index is 0.466. The molecule has 0 bridgehead atoms. The third-order valence-corrected chi connectivity index (χ3v) is 3.37. The molecule has 0 aliphatic carbocycles. The Morgan fingerprint density at radius 1 is 1.57 bits per heavy atom. The van der Waals surface area contributed by atoms with E-state index in [4.69, 9.17) is 5.73 Å². The van der Waals surface area contributed by atoms with E-state index in [1.54, 1.807) is 0 Å². The van der Waals surface area contributed by atoms with Crippen molar-refractivity contribution in [2.75, 3.05) is 25.5 Å². The van der Waals surface area contributed by atoms with Crippen molar-refractivity contribution in [3.63, 3.8) is 0 Å². The van der Waals surface area contributed by atoms with Crippen molar-refractivity contribution in [1.29, 1.82) is 0 Å². The molecule has 0 radical (unpaired) electrons. The van der Waals surface area contributed by atoms with Gasteiger partial charge in [0.15, 0.2) is 5.13 Å². The van der Waals surface area contributed by atoms with Crippen molar-refractivity contribution in [2.24, 2.45) is 5.73 Å². The second kappa shape index (κ2) is 4.72. The Kier molecular flexibility index (Phi) is 3.86. The monoisotopic (exact) mass is 215 g/mol. The van der Waals surface area contributed by atoms with E-state index < -0.39 is 6.10 Å². The first kappa shape index (κ1) is 11.4. The molecule has 5 heteroatoms. The van der Waals surface area contributed by atoms with Gasteiger partial charge in [0.25, 0.3) is 0 Å². The van der Waals surface area contributed by atoms with Crippen LogP contribution >= 0.6 is 11.3 Å². The number of hydrogen-bond donors (Lipinski definition) is 2. The number of rotatable bonds is 4. The van der Waals surface area contributed by atoms with E-state index in [1.807, 2.05) is 25.9 Å². The van der Waals surface area contributed by atoms with Crippen LogP contribution in [0.5, 0.6) is 0 Å². The number of aryl methyl sites for hydroxylation is 1. The second-order valence-corrected chi connectivity index (χ2v) is 4.44. The highest BCUT2D eigenvalue weighted by Crippen LogP contribution is 2.30. The number of hydrogen-bond acceptors (Lipinski definition) is 5. The van der Waals surface area contributed by atoms with Crippen LogP contribution in [0, 0.1) is 6.92 Å². The highest BCUT2D eigenvalue weighted by atomic mass is 32.1. The molecule has 3 N–H and O–H groups in total. The molecule has 0 aliphatic rings. The lowest BCUT2D eigenvalue weighted by Gasteiger charge is -2.07. The molecular weight excluding hydrogens is 198 g/mol. The van der Waals surface area contributed by atoms with Crippen LogP contribution in [-0.2, 0) is 0 Å². The summed E-state index contributed by atoms with van der Waals surface area (Å²) >= 11 is 1.52. The van der Waals surface area contributed by atoms with Crippen LogP contribution in [0.2, 0.25) is 0 Å². The molecule has 1 aromatic rings. The summed E-state index contributed by atoms with van der Waals surface area (Å²) in [5.74, 6) is 0. The summed E-state index contributed by atoms with van der Waals surface area (Å²) in [5.41, 5.74) is 6.30. The Hall–Kier alpha value is -0.650. The van der Waals surface area contributed by atoms with Gasteiger partial charge in [-0.3, -0.25) is 0 Å². The minimum atomic E-state index is -0.466. The number of nitrogens with zero attached hydrogens (tertiary/aromatic N) is 2. The van der Waals surface area contributed by atoms with Gasteiger partial charge in [-0.25, -0.2) is 4.98 Å². The topological polar surface area (TPSA) is 62.4 Å². The molecule has 14 heavy (non-hydrogen) atoms. The van der Waals surface area contributed by atoms with Crippen LogP contribution in [0.1, 0.15) is 23.1 Å². The number of aromatic nitrogens is 1. The first-order valence-corrected chi connectivity index (χ1v) is 5.40. The quantitative estimate of drug-likeness (QED) is 0.783. The van der Waals surface area contributed by atoms with Crippen molar-refractivity contribution >= 4 is 16.5 Å². The fourth-order valence-electron chi connectivity index (χ4n) is 1.18. The minimum Gasteiger partial charge on any atom is -0.387 e. The third-order valence-electron chi connectivity index (χ3n) is 1.95. The van der Waals surface area contributed by atoms with E-state index in [1.165, 1.54) is 11.3 Å². The van der Waals surface area contributed by atoms with Crippen LogP contribution in [0.4, 0.5) is 5.13 Å². The summed E-state index contributed by atoms with van der Waals surface area (Å²) in [7, 11) is 3.88. The molecule has 1 rings (SSSR count). The van der Waals surface area contributed by atoms with Gasteiger partial charge in [-0.2, -0.15) is 0 Å². The molecule has 1 atom stereocenters. The van der Waals surface area contributed by atoms with Crippen LogP contribution in [0.15, 0.2) is 0 Å². The van der Waals surface area contributed by atoms with E-state index >= 15 is 0 Å². The molecule has 0 fully saturated rings. The maximum Gasteiger partial charge on any atom is 0.185 e. The molecule has 0 saturated carbocycles. The molecule has 80 valence electrons. The zero-order chi connectivity index (χ0) is 10.7. The van der Waals surface area contributed by atoms with Gasteiger partial charge in [0.05, 0.1) is 16.7 Å². The lowest BCUT2D eigenvalue weighted by molar-refractivity contribution is 0.173. The predicted molar refractivity (Wildman–Crippen MR) is 59.8 cm³/mol. The molecule has 1 aromatic heterocycles. The average Bonchev–Trinajstić information content (AvgIpc) is 2.48. The Balaban J connectivity index is 2.86. The summed E-state index contributed by atoms with van der Waals surface area (Å²) in [5, 5.41) is 10.7. The summed E-state index contributed by atoms with van der Waals surface area (Å²) < 4.78 is 0. The SMILES string of the molecule is Cc1nc(N(C)C)sc1[C@H](O)CCN. The number of anilines is 1. The van der Waals surface area contributed by atoms with E-state index in [2.05, 4.69) is 4.98 Å². The zero-order valence-corrected chi connectivity index (χ0v) is 9.64. The summed E-state index contributed by atoms with van der Waals surface area (Å²) in [6.45, 7) is 2.41. The molecular formula is C9H17N3OS. The smallest absolute Gasteiger partial charge is 0.185 e. The molecule has 0 unspecified atom stereocenters. The summed E-state index contributed by atoms with van der Waals surface area (Å²) in [4.78, 5) is 7.23. The van der Waals surface area contributed by atoms with E-state index in [0.29, 0.717) is 13.0 Å². The second-order valence-electron chi connectivity index (χ2n) is 3.43. The van der Waals surface area contributed by atoms with Crippen molar-refractivity contribution in [1.82, 2.24) is 4.98 Å². The van der Waals surface area contributed by atoms with Crippen molar-refractivity contribution in [2.45, 2.75) is 19.4 Å². The van der Waals surface area contributed by atoms with Gasteiger partial charge in [-0.05, 0) is 19.9 Å². The Labute approximate surface area is 88.4 Å². The van der Waals surface area contributed by atoms with Crippen LogP contribution < -0.4 is 10.6 Å². The maximum absolute atomic E-state index is 9.77. The number of aliphatic hydroxyl groups excluding tert-OH is 1. The van der Waals surface area contributed by atoms with Gasteiger partial charge in [-0.15, -0.1) is 0 Å². The third kappa shape index (κ3) is 2.43. The van der Waals surface area contributed by atoms with E-state index in [0.717, 1.165) is 15.7 Å². The first-order valence-electron chi connectivity index (χ1n) is 4.59. The Morgan fingerprint density at radius 3 is 2.64 bits per heavy atom. The molecule has 0 aromatic carbocycles. The molecule has 4 nitrogen and oxygen atoms in total. The van der Waals surface area contributed by atoms with Crippen molar-refractivity contribution in [3.8, 4) is 0 Å².